The summed E-state index contributed by atoms with van der Waals surface area (Å²) in [6.45, 7) is 0.215. The van der Waals surface area contributed by atoms with Crippen LogP contribution in [-0.4, -0.2) is 24.5 Å². The second kappa shape index (κ2) is 7.07. The van der Waals surface area contributed by atoms with Crippen molar-refractivity contribution in [1.29, 1.82) is 0 Å². The molecule has 4 aromatic rings. The third-order valence-electron chi connectivity index (χ3n) is 5.21. The molecule has 0 radical (unpaired) electrons. The van der Waals surface area contributed by atoms with Crippen LogP contribution >= 0.6 is 11.6 Å². The van der Waals surface area contributed by atoms with E-state index in [1.54, 1.807) is 35.1 Å². The minimum Gasteiger partial charge on any atom is -0.265 e. The van der Waals surface area contributed by atoms with E-state index in [1.165, 1.54) is 16.8 Å². The van der Waals surface area contributed by atoms with Gasteiger partial charge in [0, 0.05) is 28.5 Å². The van der Waals surface area contributed by atoms with E-state index in [9.17, 15) is 14.9 Å². The molecule has 30 heavy (non-hydrogen) atoms. The highest BCUT2D eigenvalue weighted by atomic mass is 35.5. The fraction of sp³-hybridized carbons (Fsp3) is 0.190. The molecule has 1 aliphatic rings. The lowest BCUT2D eigenvalue weighted by Crippen LogP contribution is -2.26. The van der Waals surface area contributed by atoms with Crippen LogP contribution in [0.1, 0.15) is 30.0 Å². The highest BCUT2D eigenvalue weighted by molar-refractivity contribution is 6.30. The van der Waals surface area contributed by atoms with Gasteiger partial charge in [-0.2, -0.15) is 10.2 Å². The van der Waals surface area contributed by atoms with Crippen molar-refractivity contribution < 1.29 is 4.92 Å². The summed E-state index contributed by atoms with van der Waals surface area (Å²) in [7, 11) is 0. The van der Waals surface area contributed by atoms with Gasteiger partial charge in [-0.3, -0.25) is 14.9 Å². The van der Waals surface area contributed by atoms with Crippen molar-refractivity contribution in [2.24, 2.45) is 0 Å². The second-order valence-corrected chi connectivity index (χ2v) is 7.78. The molecule has 2 aromatic carbocycles. The molecule has 1 fully saturated rings. The van der Waals surface area contributed by atoms with Gasteiger partial charge in [0.1, 0.15) is 5.52 Å². The summed E-state index contributed by atoms with van der Waals surface area (Å²) in [5, 5.41) is 21.3. The van der Waals surface area contributed by atoms with Gasteiger partial charge in [0.2, 0.25) is 0 Å². The zero-order valence-corrected chi connectivity index (χ0v) is 16.5. The maximum Gasteiger partial charge on any atom is 0.293 e. The Morgan fingerprint density at radius 2 is 1.93 bits per heavy atom. The van der Waals surface area contributed by atoms with Crippen molar-refractivity contribution in [3.63, 3.8) is 0 Å². The molecule has 0 bridgehead atoms. The van der Waals surface area contributed by atoms with Crippen molar-refractivity contribution >= 4 is 28.2 Å². The molecule has 0 aliphatic heterocycles. The van der Waals surface area contributed by atoms with Gasteiger partial charge in [-0.05, 0) is 36.6 Å². The van der Waals surface area contributed by atoms with Crippen LogP contribution in [0.15, 0.2) is 59.5 Å². The lowest BCUT2D eigenvalue weighted by molar-refractivity contribution is -0.384. The molecule has 0 amide bonds. The molecule has 5 rings (SSSR count). The molecule has 2 aromatic heterocycles. The van der Waals surface area contributed by atoms with Crippen LogP contribution in [0.4, 0.5) is 5.69 Å². The fourth-order valence-electron chi connectivity index (χ4n) is 3.56. The summed E-state index contributed by atoms with van der Waals surface area (Å²) < 4.78 is 3.02. The highest BCUT2D eigenvalue weighted by Gasteiger charge is 2.30. The fourth-order valence-corrected chi connectivity index (χ4v) is 3.74. The number of rotatable bonds is 5. The Labute approximate surface area is 175 Å². The van der Waals surface area contributed by atoms with E-state index < -0.39 is 4.92 Å². The van der Waals surface area contributed by atoms with E-state index in [0.29, 0.717) is 22.1 Å². The molecule has 8 nitrogen and oxygen atoms in total. The standard InChI is InChI=1S/C21H16ClN5O3/c22-15-2-1-3-17(10-15)26-20-18(11-23-26)19(14-6-7-14)24-25(21(20)28)12-13-4-8-16(9-5-13)27(29)30/h1-5,8-11,14H,6-7,12H2. The van der Waals surface area contributed by atoms with E-state index in [-0.39, 0.29) is 17.8 Å². The third-order valence-corrected chi connectivity index (χ3v) is 5.44. The van der Waals surface area contributed by atoms with Crippen LogP contribution in [0, 0.1) is 10.1 Å². The molecule has 0 unspecified atom stereocenters. The van der Waals surface area contributed by atoms with Gasteiger partial charge in [0.05, 0.1) is 29.0 Å². The van der Waals surface area contributed by atoms with Gasteiger partial charge in [-0.25, -0.2) is 9.36 Å². The average molecular weight is 422 g/mol. The first-order chi connectivity index (χ1) is 14.5. The number of aromatic nitrogens is 4. The number of nitro groups is 1. The molecule has 9 heteroatoms. The first-order valence-corrected chi connectivity index (χ1v) is 9.87. The van der Waals surface area contributed by atoms with Gasteiger partial charge in [-0.1, -0.05) is 29.8 Å². The predicted molar refractivity (Wildman–Crippen MR) is 112 cm³/mol. The molecule has 150 valence electrons. The normalized spacial score (nSPS) is 13.6. The van der Waals surface area contributed by atoms with E-state index in [4.69, 9.17) is 11.6 Å². The molecule has 2 heterocycles. The highest BCUT2D eigenvalue weighted by Crippen LogP contribution is 2.41. The van der Waals surface area contributed by atoms with Crippen LogP contribution in [0.5, 0.6) is 0 Å². The number of hydrogen-bond acceptors (Lipinski definition) is 5. The summed E-state index contributed by atoms with van der Waals surface area (Å²) in [5.41, 5.74) is 2.50. The topological polar surface area (TPSA) is 95.8 Å². The lowest BCUT2D eigenvalue weighted by Gasteiger charge is -2.10. The summed E-state index contributed by atoms with van der Waals surface area (Å²) in [5.74, 6) is 0.313. The first-order valence-electron chi connectivity index (χ1n) is 9.49. The maximum atomic E-state index is 13.3. The first kappa shape index (κ1) is 18.5. The van der Waals surface area contributed by atoms with E-state index in [1.807, 2.05) is 12.1 Å². The smallest absolute Gasteiger partial charge is 0.265 e. The minimum absolute atomic E-state index is 0.00668. The Bertz CT molecular complexity index is 1340. The summed E-state index contributed by atoms with van der Waals surface area (Å²) >= 11 is 6.13. The number of hydrogen-bond donors (Lipinski definition) is 0. The van der Waals surface area contributed by atoms with Gasteiger partial charge < -0.3 is 0 Å². The number of halogens is 1. The van der Waals surface area contributed by atoms with Crippen molar-refractivity contribution in [2.75, 3.05) is 0 Å². The number of benzene rings is 2. The maximum absolute atomic E-state index is 13.3. The van der Waals surface area contributed by atoms with Crippen molar-refractivity contribution in [2.45, 2.75) is 25.3 Å². The van der Waals surface area contributed by atoms with E-state index in [0.717, 1.165) is 29.5 Å². The van der Waals surface area contributed by atoms with Crippen LogP contribution in [0.3, 0.4) is 0 Å². The van der Waals surface area contributed by atoms with Gasteiger partial charge in [-0.15, -0.1) is 0 Å². The van der Waals surface area contributed by atoms with Crippen LogP contribution in [0.25, 0.3) is 16.6 Å². The quantitative estimate of drug-likeness (QED) is 0.357. The molecule has 1 aliphatic carbocycles. The SMILES string of the molecule is O=c1c2c(cnn2-c2cccc(Cl)c2)c(C2CC2)nn1Cc1ccc([N+](=O)[O-])cc1. The monoisotopic (exact) mass is 421 g/mol. The minimum atomic E-state index is -0.449. The Balaban J connectivity index is 1.65. The van der Waals surface area contributed by atoms with Gasteiger partial charge in [0.15, 0.2) is 0 Å². The van der Waals surface area contributed by atoms with E-state index in [2.05, 4.69) is 10.2 Å². The second-order valence-electron chi connectivity index (χ2n) is 7.34. The molecule has 0 atom stereocenters. The summed E-state index contributed by atoms with van der Waals surface area (Å²) in [6, 6.07) is 13.3. The largest absolute Gasteiger partial charge is 0.293 e. The van der Waals surface area contributed by atoms with Crippen LogP contribution in [0.2, 0.25) is 5.02 Å². The van der Waals surface area contributed by atoms with Crippen LogP contribution < -0.4 is 5.56 Å². The summed E-state index contributed by atoms with van der Waals surface area (Å²) in [4.78, 5) is 23.8. The zero-order valence-electron chi connectivity index (χ0n) is 15.7. The van der Waals surface area contributed by atoms with Crippen molar-refractivity contribution in [1.82, 2.24) is 19.6 Å². The lowest BCUT2D eigenvalue weighted by atomic mass is 10.2. The molecule has 0 spiro atoms. The number of fused-ring (bicyclic) bond motifs is 1. The average Bonchev–Trinajstić information content (AvgIpc) is 3.48. The third kappa shape index (κ3) is 3.25. The van der Waals surface area contributed by atoms with Crippen LogP contribution in [-0.2, 0) is 6.54 Å². The number of nitro benzene ring substituents is 1. The molecule has 1 saturated carbocycles. The molecular weight excluding hydrogens is 406 g/mol. The molecular formula is C21H16ClN5O3. The van der Waals surface area contributed by atoms with Crippen molar-refractivity contribution in [3.05, 3.63) is 91.5 Å². The number of non-ortho nitro benzene ring substituents is 1. The van der Waals surface area contributed by atoms with Gasteiger partial charge in [0.25, 0.3) is 11.2 Å². The molecule has 0 saturated heterocycles. The summed E-state index contributed by atoms with van der Waals surface area (Å²) in [6.07, 6.45) is 3.74. The van der Waals surface area contributed by atoms with Crippen molar-refractivity contribution in [3.8, 4) is 5.69 Å². The Kier molecular flexibility index (Phi) is 4.36. The Morgan fingerprint density at radius 1 is 1.17 bits per heavy atom. The van der Waals surface area contributed by atoms with E-state index >= 15 is 0 Å². The Hall–Kier alpha value is -3.52. The predicted octanol–water partition coefficient (Wildman–Crippen LogP) is 4.07. The Morgan fingerprint density at radius 3 is 2.60 bits per heavy atom. The zero-order chi connectivity index (χ0) is 20.8. The van der Waals surface area contributed by atoms with Gasteiger partial charge >= 0.3 is 0 Å². The number of nitrogens with zero attached hydrogens (tertiary/aromatic N) is 5. The molecule has 0 N–H and O–H groups in total.